The van der Waals surface area contributed by atoms with Crippen molar-refractivity contribution in [2.24, 2.45) is 5.41 Å². The minimum atomic E-state index is -2.41. The fourth-order valence-electron chi connectivity index (χ4n) is 1.84. The number of alkyl halides is 2. The Morgan fingerprint density at radius 2 is 1.95 bits per heavy atom. The number of hydrogen-bond acceptors (Lipinski definition) is 3. The van der Waals surface area contributed by atoms with Crippen molar-refractivity contribution < 1.29 is 18.3 Å². The summed E-state index contributed by atoms with van der Waals surface area (Å²) < 4.78 is 36.9. The zero-order chi connectivity index (χ0) is 16.0. The van der Waals surface area contributed by atoms with Gasteiger partial charge >= 0.3 is 0 Å². The molecule has 22 heavy (non-hydrogen) atoms. The Morgan fingerprint density at radius 1 is 1.23 bits per heavy atom. The van der Waals surface area contributed by atoms with Crippen LogP contribution in [0.2, 0.25) is 0 Å². The third-order valence-electron chi connectivity index (χ3n) is 3.29. The smallest absolute Gasteiger partial charge is 0.245 e. The van der Waals surface area contributed by atoms with Crippen molar-refractivity contribution in [1.82, 2.24) is 4.90 Å². The topological polar surface area (TPSA) is 21.7 Å². The van der Waals surface area contributed by atoms with Gasteiger partial charge in [-0.3, -0.25) is 0 Å². The predicted octanol–water partition coefficient (Wildman–Crippen LogP) is 4.04. The van der Waals surface area contributed by atoms with Crippen molar-refractivity contribution in [3.8, 4) is 5.75 Å². The Morgan fingerprint density at radius 3 is 2.64 bits per heavy atom. The maximum atomic E-state index is 12.8. The Hall–Kier alpha value is -1.88. The summed E-state index contributed by atoms with van der Waals surface area (Å²) in [6, 6.07) is 9.41. The molecule has 3 nitrogen and oxygen atoms in total. The van der Waals surface area contributed by atoms with Gasteiger partial charge < -0.3 is 14.4 Å². The van der Waals surface area contributed by atoms with Crippen molar-refractivity contribution in [1.29, 1.82) is 0 Å². The molecule has 0 saturated heterocycles. The van der Waals surface area contributed by atoms with Crippen LogP contribution in [0.1, 0.15) is 13.8 Å². The van der Waals surface area contributed by atoms with Crippen molar-refractivity contribution >= 4 is 0 Å². The lowest BCUT2D eigenvalue weighted by atomic mass is 9.96. The second kappa shape index (κ2) is 7.40. The van der Waals surface area contributed by atoms with E-state index < -0.39 is 11.8 Å². The molecule has 0 bridgehead atoms. The first-order valence-corrected chi connectivity index (χ1v) is 7.19. The first-order valence-electron chi connectivity index (χ1n) is 7.19. The molecule has 0 atom stereocenters. The normalized spacial score (nSPS) is 15.1. The Kier molecular flexibility index (Phi) is 5.55. The van der Waals surface area contributed by atoms with Crippen LogP contribution in [0.15, 0.2) is 54.4 Å². The number of nitrogens with zero attached hydrogens (tertiary/aromatic N) is 1. The molecule has 0 spiro atoms. The van der Waals surface area contributed by atoms with Crippen LogP contribution in [-0.2, 0) is 4.74 Å². The quantitative estimate of drug-likeness (QED) is 0.758. The van der Waals surface area contributed by atoms with Crippen molar-refractivity contribution in [2.45, 2.75) is 20.3 Å². The van der Waals surface area contributed by atoms with E-state index in [2.05, 4.69) is 0 Å². The standard InChI is InChI=1S/C17H21F2NO2/c1-17(2,16(18)19)12-21-13-20-11-7-6-10-15(20)22-14-8-4-3-5-9-14/h3-10,16H,11-13H2,1-2H3. The van der Waals surface area contributed by atoms with Crippen LogP contribution in [0.25, 0.3) is 0 Å². The highest BCUT2D eigenvalue weighted by Crippen LogP contribution is 2.25. The van der Waals surface area contributed by atoms with Crippen LogP contribution < -0.4 is 4.74 Å². The third kappa shape index (κ3) is 4.56. The number of ether oxygens (including phenoxy) is 2. The molecule has 0 aliphatic carbocycles. The number of allylic oxidation sites excluding steroid dienone is 2. The average Bonchev–Trinajstić information content (AvgIpc) is 2.50. The molecule has 2 rings (SSSR count). The molecule has 120 valence electrons. The molecule has 0 fully saturated rings. The Labute approximate surface area is 129 Å². The van der Waals surface area contributed by atoms with E-state index in [1.54, 1.807) is 0 Å². The lowest BCUT2D eigenvalue weighted by Crippen LogP contribution is -2.34. The lowest BCUT2D eigenvalue weighted by molar-refractivity contribution is -0.0671. The van der Waals surface area contributed by atoms with Crippen LogP contribution in [0, 0.1) is 5.41 Å². The van der Waals surface area contributed by atoms with Crippen LogP contribution in [-0.4, -0.2) is 31.2 Å². The van der Waals surface area contributed by atoms with Crippen molar-refractivity contribution in [3.05, 3.63) is 54.4 Å². The molecule has 5 heteroatoms. The second-order valence-electron chi connectivity index (χ2n) is 5.84. The van der Waals surface area contributed by atoms with Gasteiger partial charge in [0.2, 0.25) is 6.43 Å². The summed E-state index contributed by atoms with van der Waals surface area (Å²) in [4.78, 5) is 1.86. The highest BCUT2D eigenvalue weighted by molar-refractivity contribution is 5.25. The number of para-hydroxylation sites is 1. The largest absolute Gasteiger partial charge is 0.441 e. The first kappa shape index (κ1) is 16.5. The van der Waals surface area contributed by atoms with E-state index in [4.69, 9.17) is 9.47 Å². The Balaban J connectivity index is 1.90. The van der Waals surface area contributed by atoms with Gasteiger partial charge in [0.25, 0.3) is 0 Å². The number of benzene rings is 1. The minimum Gasteiger partial charge on any atom is -0.441 e. The van der Waals surface area contributed by atoms with Gasteiger partial charge in [0.05, 0.1) is 6.61 Å². The minimum absolute atomic E-state index is 0.0104. The van der Waals surface area contributed by atoms with Gasteiger partial charge in [0, 0.05) is 12.0 Å². The SMILES string of the molecule is CC(C)(COCN1CC=CC=C1Oc1ccccc1)C(F)F. The van der Waals surface area contributed by atoms with E-state index in [1.165, 1.54) is 13.8 Å². The van der Waals surface area contributed by atoms with E-state index in [1.807, 2.05) is 53.5 Å². The van der Waals surface area contributed by atoms with Crippen molar-refractivity contribution in [3.63, 3.8) is 0 Å². The summed E-state index contributed by atoms with van der Waals surface area (Å²) in [6.45, 7) is 3.80. The van der Waals surface area contributed by atoms with E-state index >= 15 is 0 Å². The van der Waals surface area contributed by atoms with Crippen LogP contribution in [0.3, 0.4) is 0 Å². The number of halogens is 2. The molecule has 1 aliphatic rings. The summed E-state index contributed by atoms with van der Waals surface area (Å²) in [5, 5.41) is 0. The molecule has 0 saturated carbocycles. The summed E-state index contributed by atoms with van der Waals surface area (Å²) in [7, 11) is 0. The molecule has 0 radical (unpaired) electrons. The monoisotopic (exact) mass is 309 g/mol. The van der Waals surface area contributed by atoms with Gasteiger partial charge in [-0.2, -0.15) is 0 Å². The molecule has 1 heterocycles. The van der Waals surface area contributed by atoms with Crippen molar-refractivity contribution in [2.75, 3.05) is 19.9 Å². The van der Waals surface area contributed by atoms with Gasteiger partial charge in [-0.1, -0.05) is 44.2 Å². The van der Waals surface area contributed by atoms with Gasteiger partial charge in [0.15, 0.2) is 5.88 Å². The molecular weight excluding hydrogens is 288 g/mol. The zero-order valence-electron chi connectivity index (χ0n) is 12.8. The molecule has 0 unspecified atom stereocenters. The van der Waals surface area contributed by atoms with Gasteiger partial charge in [-0.05, 0) is 18.2 Å². The fraction of sp³-hybridized carbons (Fsp3) is 0.412. The number of hydrogen-bond donors (Lipinski definition) is 0. The fourth-order valence-corrected chi connectivity index (χ4v) is 1.84. The maximum Gasteiger partial charge on any atom is 0.245 e. The predicted molar refractivity (Wildman–Crippen MR) is 81.6 cm³/mol. The van der Waals surface area contributed by atoms with Gasteiger partial charge in [-0.15, -0.1) is 0 Å². The average molecular weight is 309 g/mol. The molecule has 0 amide bonds. The summed E-state index contributed by atoms with van der Waals surface area (Å²) >= 11 is 0. The molecule has 1 aromatic carbocycles. The number of rotatable bonds is 7. The van der Waals surface area contributed by atoms with E-state index in [-0.39, 0.29) is 13.3 Å². The van der Waals surface area contributed by atoms with Crippen LogP contribution in [0.5, 0.6) is 5.75 Å². The lowest BCUT2D eigenvalue weighted by Gasteiger charge is -2.29. The Bertz CT molecular complexity index is 527. The van der Waals surface area contributed by atoms with Gasteiger partial charge in [0.1, 0.15) is 12.5 Å². The first-order chi connectivity index (χ1) is 10.5. The van der Waals surface area contributed by atoms with Crippen LogP contribution >= 0.6 is 0 Å². The molecule has 1 aliphatic heterocycles. The highest BCUT2D eigenvalue weighted by Gasteiger charge is 2.30. The van der Waals surface area contributed by atoms with Crippen LogP contribution in [0.4, 0.5) is 8.78 Å². The van der Waals surface area contributed by atoms with E-state index in [9.17, 15) is 8.78 Å². The summed E-state index contributed by atoms with van der Waals surface area (Å²) in [6.07, 6.45) is 3.28. The molecule has 1 aromatic rings. The van der Waals surface area contributed by atoms with E-state index in [0.717, 1.165) is 5.75 Å². The van der Waals surface area contributed by atoms with E-state index in [0.29, 0.717) is 12.4 Å². The van der Waals surface area contributed by atoms with Gasteiger partial charge in [-0.25, -0.2) is 8.78 Å². The third-order valence-corrected chi connectivity index (χ3v) is 3.29. The molecular formula is C17H21F2NO2. The highest BCUT2D eigenvalue weighted by atomic mass is 19.3. The summed E-state index contributed by atoms with van der Waals surface area (Å²) in [5.74, 6) is 1.37. The zero-order valence-corrected chi connectivity index (χ0v) is 12.8. The summed E-state index contributed by atoms with van der Waals surface area (Å²) in [5.41, 5.74) is -1.16. The maximum absolute atomic E-state index is 12.8. The molecule has 0 aromatic heterocycles. The molecule has 0 N–H and O–H groups in total. The second-order valence-corrected chi connectivity index (χ2v) is 5.84.